The first kappa shape index (κ1) is 30.0. The van der Waals surface area contributed by atoms with Gasteiger partial charge in [-0.05, 0) is 80.7 Å². The molecule has 1 unspecified atom stereocenters. The molecule has 0 radical (unpaired) electrons. The van der Waals surface area contributed by atoms with E-state index in [1.807, 2.05) is 91.9 Å². The third-order valence-corrected chi connectivity index (χ3v) is 7.94. The quantitative estimate of drug-likeness (QED) is 0.173. The van der Waals surface area contributed by atoms with E-state index in [1.165, 1.54) is 0 Å². The van der Waals surface area contributed by atoms with Crippen molar-refractivity contribution in [3.05, 3.63) is 102 Å². The van der Waals surface area contributed by atoms with Crippen molar-refractivity contribution in [2.75, 3.05) is 35.6 Å². The average Bonchev–Trinajstić information content (AvgIpc) is 3.42. The predicted octanol–water partition coefficient (Wildman–Crippen LogP) is 6.89. The van der Waals surface area contributed by atoms with Crippen molar-refractivity contribution >= 4 is 29.0 Å². The van der Waals surface area contributed by atoms with Crippen molar-refractivity contribution in [3.63, 3.8) is 0 Å². The summed E-state index contributed by atoms with van der Waals surface area (Å²) in [6, 6.07) is 27.1. The minimum Gasteiger partial charge on any atom is -0.378 e. The second-order valence-corrected chi connectivity index (χ2v) is 12.4. The maximum Gasteiger partial charge on any atom is 0.324 e. The molecule has 1 aliphatic heterocycles. The zero-order chi connectivity index (χ0) is 30.4. The lowest BCUT2D eigenvalue weighted by atomic mass is 9.77. The van der Waals surface area contributed by atoms with Crippen LogP contribution in [0.5, 0.6) is 0 Å². The van der Waals surface area contributed by atoms with Crippen molar-refractivity contribution in [1.82, 2.24) is 15.1 Å². The number of aryl methyl sites for hydroxylation is 1. The number of hydrogen-bond acceptors (Lipinski definition) is 5. The van der Waals surface area contributed by atoms with E-state index >= 15 is 0 Å². The van der Waals surface area contributed by atoms with E-state index in [-0.39, 0.29) is 35.6 Å². The van der Waals surface area contributed by atoms with Crippen LogP contribution in [0.3, 0.4) is 0 Å². The zero-order valence-electron chi connectivity index (χ0n) is 25.5. The Morgan fingerprint density at radius 2 is 1.60 bits per heavy atom. The molecule has 2 heterocycles. The number of para-hydroxylation sites is 1. The number of ketones is 1. The number of nitrogens with zero attached hydrogens (tertiary/aromatic N) is 2. The first-order valence-corrected chi connectivity index (χ1v) is 15.1. The number of nitrogens with one attached hydrogen (secondary N) is 4. The highest BCUT2D eigenvalue weighted by Crippen LogP contribution is 2.34. The maximum atomic E-state index is 13.7. The number of benzene rings is 3. The summed E-state index contributed by atoms with van der Waals surface area (Å²) in [5.74, 6) is 0.696. The van der Waals surface area contributed by atoms with Gasteiger partial charge in [-0.15, -0.1) is 0 Å². The summed E-state index contributed by atoms with van der Waals surface area (Å²) in [5.41, 5.74) is 5.17. The molecule has 0 spiro atoms. The van der Waals surface area contributed by atoms with Gasteiger partial charge in [-0.2, -0.15) is 5.10 Å². The zero-order valence-corrected chi connectivity index (χ0v) is 25.5. The van der Waals surface area contributed by atoms with Crippen molar-refractivity contribution in [3.8, 4) is 5.69 Å². The molecule has 4 aromatic rings. The van der Waals surface area contributed by atoms with Gasteiger partial charge in [0.2, 0.25) is 0 Å². The van der Waals surface area contributed by atoms with Crippen molar-refractivity contribution in [1.29, 1.82) is 0 Å². The Morgan fingerprint density at radius 1 is 0.907 bits per heavy atom. The highest BCUT2D eigenvalue weighted by molar-refractivity contribution is 5.99. The van der Waals surface area contributed by atoms with Crippen molar-refractivity contribution in [2.45, 2.75) is 51.9 Å². The number of hydrogen-bond donors (Lipinski definition) is 4. The Balaban J connectivity index is 1.35. The van der Waals surface area contributed by atoms with Gasteiger partial charge >= 0.3 is 6.03 Å². The minimum absolute atomic E-state index is 0.147. The minimum atomic E-state index is -0.374. The van der Waals surface area contributed by atoms with Gasteiger partial charge in [-0.3, -0.25) is 10.1 Å². The fourth-order valence-corrected chi connectivity index (χ4v) is 5.56. The molecule has 0 saturated carbocycles. The highest BCUT2D eigenvalue weighted by atomic mass is 16.2. The maximum absolute atomic E-state index is 13.7. The largest absolute Gasteiger partial charge is 0.378 e. The van der Waals surface area contributed by atoms with Gasteiger partial charge in [0.1, 0.15) is 5.82 Å². The molecule has 1 aromatic heterocycles. The van der Waals surface area contributed by atoms with E-state index in [9.17, 15) is 9.59 Å². The van der Waals surface area contributed by atoms with Crippen molar-refractivity contribution in [2.24, 2.45) is 5.92 Å². The van der Waals surface area contributed by atoms with E-state index in [0.29, 0.717) is 11.5 Å². The molecule has 1 fully saturated rings. The topological polar surface area (TPSA) is 100 Å². The van der Waals surface area contributed by atoms with Crippen LogP contribution in [-0.4, -0.2) is 41.2 Å². The summed E-state index contributed by atoms with van der Waals surface area (Å²) >= 11 is 0. The first-order valence-electron chi connectivity index (χ1n) is 15.1. The Bertz CT molecular complexity index is 1530. The molecule has 224 valence electrons. The van der Waals surface area contributed by atoms with Gasteiger partial charge in [-0.1, -0.05) is 68.8 Å². The Morgan fingerprint density at radius 3 is 2.30 bits per heavy atom. The molecule has 43 heavy (non-hydrogen) atoms. The third kappa shape index (κ3) is 7.70. The molecule has 0 bridgehead atoms. The number of carbonyl (C=O) groups excluding carboxylic acids is 2. The molecule has 3 aromatic carbocycles. The predicted molar refractivity (Wildman–Crippen MR) is 174 cm³/mol. The summed E-state index contributed by atoms with van der Waals surface area (Å²) in [4.78, 5) is 27.0. The number of anilines is 3. The third-order valence-electron chi connectivity index (χ3n) is 7.94. The van der Waals surface area contributed by atoms with Crippen LogP contribution in [-0.2, 0) is 10.2 Å². The summed E-state index contributed by atoms with van der Waals surface area (Å²) < 4.78 is 1.77. The standard InChI is InChI=1S/C35H42N6O2/c1-24-13-15-29(16-14-24)41-32(22-31(40-41)35(2,3)4)39-34(43)38-28-12-8-9-26(21-28)33(25-17-19-36-20-18-25)30(42)23-37-27-10-6-5-7-11-27/h5-16,21-22,25,33,36-37H,17-20,23H2,1-4H3,(H2,38,39,43). The molecule has 1 saturated heterocycles. The van der Waals surface area contributed by atoms with Gasteiger partial charge in [0.15, 0.2) is 5.78 Å². The molecule has 1 atom stereocenters. The van der Waals surface area contributed by atoms with Crippen LogP contribution in [0.15, 0.2) is 84.9 Å². The van der Waals surface area contributed by atoms with E-state index in [4.69, 9.17) is 5.10 Å². The number of piperidine rings is 1. The summed E-state index contributed by atoms with van der Waals surface area (Å²) in [7, 11) is 0. The average molecular weight is 579 g/mol. The summed E-state index contributed by atoms with van der Waals surface area (Å²) in [6.45, 7) is 10.4. The molecular weight excluding hydrogens is 536 g/mol. The van der Waals surface area contributed by atoms with Crippen LogP contribution < -0.4 is 21.3 Å². The molecule has 8 heteroatoms. The lowest BCUT2D eigenvalue weighted by Gasteiger charge is -2.30. The molecule has 4 N–H and O–H groups in total. The summed E-state index contributed by atoms with van der Waals surface area (Å²) in [6.07, 6.45) is 1.86. The Labute approximate surface area is 254 Å². The van der Waals surface area contributed by atoms with Gasteiger partial charge < -0.3 is 16.0 Å². The van der Waals surface area contributed by atoms with Crippen LogP contribution in [0.2, 0.25) is 0 Å². The number of amides is 2. The monoisotopic (exact) mass is 578 g/mol. The number of Topliss-reactive ketones (excluding diaryl/α,β-unsaturated/α-hetero) is 1. The van der Waals surface area contributed by atoms with Gasteiger partial charge in [0.25, 0.3) is 0 Å². The number of rotatable bonds is 9. The normalized spacial score (nSPS) is 14.6. The smallest absolute Gasteiger partial charge is 0.324 e. The van der Waals surface area contributed by atoms with E-state index in [2.05, 4.69) is 42.0 Å². The van der Waals surface area contributed by atoms with Gasteiger partial charge in [-0.25, -0.2) is 9.48 Å². The number of carbonyl (C=O) groups is 2. The second-order valence-electron chi connectivity index (χ2n) is 12.4. The van der Waals surface area contributed by atoms with Crippen LogP contribution in [0.4, 0.5) is 22.0 Å². The second kappa shape index (κ2) is 13.3. The Kier molecular flexibility index (Phi) is 9.26. The number of urea groups is 1. The van der Waals surface area contributed by atoms with Crippen LogP contribution in [0.25, 0.3) is 5.69 Å². The van der Waals surface area contributed by atoms with Gasteiger partial charge in [0.05, 0.1) is 17.9 Å². The first-order chi connectivity index (χ1) is 20.7. The molecule has 0 aliphatic carbocycles. The van der Waals surface area contributed by atoms with E-state index in [0.717, 1.165) is 54.1 Å². The lowest BCUT2D eigenvalue weighted by Crippen LogP contribution is -2.35. The van der Waals surface area contributed by atoms with Crippen LogP contribution in [0.1, 0.15) is 56.4 Å². The van der Waals surface area contributed by atoms with Crippen molar-refractivity contribution < 1.29 is 9.59 Å². The SMILES string of the molecule is Cc1ccc(-n2nc(C(C)(C)C)cc2NC(=O)Nc2cccc(C(C(=O)CNc3ccccc3)C3CCNCC3)c2)cc1. The number of aromatic nitrogens is 2. The fraction of sp³-hybridized carbons (Fsp3) is 0.343. The fourth-order valence-electron chi connectivity index (χ4n) is 5.56. The molecule has 2 amide bonds. The van der Waals surface area contributed by atoms with Crippen LogP contribution >= 0.6 is 0 Å². The summed E-state index contributed by atoms with van der Waals surface area (Å²) in [5, 5.41) is 17.5. The van der Waals surface area contributed by atoms with Gasteiger partial charge in [0, 0.05) is 28.8 Å². The van der Waals surface area contributed by atoms with E-state index in [1.54, 1.807) is 4.68 Å². The molecule has 1 aliphatic rings. The highest BCUT2D eigenvalue weighted by Gasteiger charge is 2.31. The molecule has 8 nitrogen and oxygen atoms in total. The lowest BCUT2D eigenvalue weighted by molar-refractivity contribution is -0.120. The molecular formula is C35H42N6O2. The Hall–Kier alpha value is -4.43. The van der Waals surface area contributed by atoms with E-state index < -0.39 is 0 Å². The molecule has 5 rings (SSSR count). The van der Waals surface area contributed by atoms with Crippen LogP contribution in [0, 0.1) is 12.8 Å².